The van der Waals surface area contributed by atoms with E-state index in [-0.39, 0.29) is 29.8 Å². The fourth-order valence-electron chi connectivity index (χ4n) is 2.78. The minimum Gasteiger partial charge on any atom is -0.391 e. The van der Waals surface area contributed by atoms with E-state index in [0.29, 0.717) is 10.7 Å². The first kappa shape index (κ1) is 16.8. The van der Waals surface area contributed by atoms with Crippen molar-refractivity contribution in [2.75, 3.05) is 11.9 Å². The summed E-state index contributed by atoms with van der Waals surface area (Å²) in [7, 11) is 0. The predicted molar refractivity (Wildman–Crippen MR) is 86.1 cm³/mol. The summed E-state index contributed by atoms with van der Waals surface area (Å²) in [5, 5.41) is 15.7. The second-order valence-electron chi connectivity index (χ2n) is 5.70. The Morgan fingerprint density at radius 3 is 2.68 bits per heavy atom. The Balaban J connectivity index is 1.97. The first-order valence-electron chi connectivity index (χ1n) is 7.51. The number of anilines is 1. The normalized spacial score (nSPS) is 16.3. The van der Waals surface area contributed by atoms with Gasteiger partial charge in [0.1, 0.15) is 0 Å². The summed E-state index contributed by atoms with van der Waals surface area (Å²) in [4.78, 5) is 23.3. The molecule has 1 aliphatic carbocycles. The average molecular weight is 325 g/mol. The Labute approximate surface area is 135 Å². The maximum Gasteiger partial charge on any atom is 0.252 e. The van der Waals surface area contributed by atoms with Crippen molar-refractivity contribution in [3.63, 3.8) is 0 Å². The third-order valence-corrected chi connectivity index (χ3v) is 4.28. The molecule has 6 heteroatoms. The summed E-state index contributed by atoms with van der Waals surface area (Å²) in [5.74, 6) is -0.305. The summed E-state index contributed by atoms with van der Waals surface area (Å²) in [6, 6.07) is 4.73. The van der Waals surface area contributed by atoms with Gasteiger partial charge >= 0.3 is 0 Å². The van der Waals surface area contributed by atoms with Gasteiger partial charge in [0.25, 0.3) is 5.91 Å². The number of hydrogen-bond acceptors (Lipinski definition) is 3. The second-order valence-corrected chi connectivity index (χ2v) is 6.10. The van der Waals surface area contributed by atoms with Crippen LogP contribution in [0, 0.1) is 5.92 Å². The number of benzene rings is 1. The smallest absolute Gasteiger partial charge is 0.252 e. The number of aliphatic hydroxyl groups is 1. The first-order chi connectivity index (χ1) is 10.5. The van der Waals surface area contributed by atoms with Crippen LogP contribution in [0.25, 0.3) is 0 Å². The maximum absolute atomic E-state index is 12.2. The van der Waals surface area contributed by atoms with Gasteiger partial charge in [0.15, 0.2) is 0 Å². The minimum absolute atomic E-state index is 0.212. The second kappa shape index (κ2) is 7.61. The summed E-state index contributed by atoms with van der Waals surface area (Å²) in [6.07, 6.45) is 3.77. The van der Waals surface area contributed by atoms with Crippen LogP contribution >= 0.6 is 11.6 Å². The lowest BCUT2D eigenvalue weighted by Crippen LogP contribution is -2.35. The third-order valence-electron chi connectivity index (χ3n) is 3.95. The van der Waals surface area contributed by atoms with Crippen LogP contribution in [0.2, 0.25) is 5.02 Å². The Bertz CT molecular complexity index is 556. The van der Waals surface area contributed by atoms with Crippen LogP contribution in [0.4, 0.5) is 5.69 Å². The molecular weight excluding hydrogens is 304 g/mol. The highest BCUT2D eigenvalue weighted by atomic mass is 35.5. The molecule has 3 N–H and O–H groups in total. The van der Waals surface area contributed by atoms with E-state index in [1.165, 1.54) is 13.0 Å². The van der Waals surface area contributed by atoms with E-state index in [4.69, 9.17) is 11.6 Å². The molecule has 0 aromatic heterocycles. The van der Waals surface area contributed by atoms with E-state index in [0.717, 1.165) is 25.7 Å². The van der Waals surface area contributed by atoms with Gasteiger partial charge in [-0.1, -0.05) is 24.4 Å². The highest BCUT2D eigenvalue weighted by molar-refractivity contribution is 6.34. The predicted octanol–water partition coefficient (Wildman–Crippen LogP) is 2.58. The molecule has 1 atom stereocenters. The molecule has 1 fully saturated rings. The zero-order chi connectivity index (χ0) is 16.1. The Hall–Kier alpha value is -1.59. The van der Waals surface area contributed by atoms with E-state index in [1.807, 2.05) is 0 Å². The lowest BCUT2D eigenvalue weighted by Gasteiger charge is -2.18. The van der Waals surface area contributed by atoms with E-state index in [1.54, 1.807) is 12.1 Å². The number of aliphatic hydroxyl groups excluding tert-OH is 1. The van der Waals surface area contributed by atoms with Gasteiger partial charge in [0.05, 0.1) is 16.7 Å². The van der Waals surface area contributed by atoms with Crippen LogP contribution in [0.1, 0.15) is 43.0 Å². The van der Waals surface area contributed by atoms with Crippen LogP contribution in [-0.4, -0.2) is 29.6 Å². The molecule has 1 saturated carbocycles. The van der Waals surface area contributed by atoms with E-state index < -0.39 is 6.10 Å². The summed E-state index contributed by atoms with van der Waals surface area (Å²) in [5.41, 5.74) is 0.796. The van der Waals surface area contributed by atoms with Crippen LogP contribution in [0.5, 0.6) is 0 Å². The molecule has 0 saturated heterocycles. The third kappa shape index (κ3) is 4.45. The van der Waals surface area contributed by atoms with Crippen molar-refractivity contribution in [1.82, 2.24) is 5.32 Å². The van der Waals surface area contributed by atoms with Gasteiger partial charge in [-0.3, -0.25) is 9.59 Å². The molecule has 0 bridgehead atoms. The number of hydrogen-bond donors (Lipinski definition) is 3. The van der Waals surface area contributed by atoms with Gasteiger partial charge in [-0.25, -0.2) is 0 Å². The van der Waals surface area contributed by atoms with Gasteiger partial charge in [-0.05, 0) is 37.0 Å². The molecule has 5 nitrogen and oxygen atoms in total. The number of amides is 2. The lowest BCUT2D eigenvalue weighted by atomic mass is 10.0. The largest absolute Gasteiger partial charge is 0.391 e. The molecule has 1 aromatic carbocycles. The van der Waals surface area contributed by atoms with E-state index in [2.05, 4.69) is 10.6 Å². The molecule has 1 aromatic rings. The van der Waals surface area contributed by atoms with Crippen molar-refractivity contribution in [2.45, 2.75) is 38.7 Å². The quantitative estimate of drug-likeness (QED) is 0.779. The lowest BCUT2D eigenvalue weighted by molar-refractivity contribution is -0.114. The monoisotopic (exact) mass is 324 g/mol. The molecule has 0 radical (unpaired) electrons. The number of rotatable bonds is 5. The molecule has 0 spiro atoms. The number of halogens is 1. The molecule has 1 unspecified atom stereocenters. The molecule has 0 aliphatic heterocycles. The maximum atomic E-state index is 12.2. The number of carbonyl (C=O) groups excluding carboxylic acids is 2. The van der Waals surface area contributed by atoms with Crippen molar-refractivity contribution >= 4 is 29.1 Å². The van der Waals surface area contributed by atoms with Gasteiger partial charge in [-0.15, -0.1) is 0 Å². The van der Waals surface area contributed by atoms with Crippen LogP contribution in [0.3, 0.4) is 0 Å². The molecule has 0 heterocycles. The summed E-state index contributed by atoms with van der Waals surface area (Å²) >= 11 is 6.03. The summed E-state index contributed by atoms with van der Waals surface area (Å²) < 4.78 is 0. The van der Waals surface area contributed by atoms with Gasteiger partial charge in [0.2, 0.25) is 5.91 Å². The standard InChI is InChI=1S/C16H21ClN2O3/c1-10(20)19-12-6-7-14(17)13(8-12)16(22)18-9-15(21)11-4-2-3-5-11/h6-8,11,15,21H,2-5,9H2,1H3,(H,18,22)(H,19,20). The molecule has 2 amide bonds. The Morgan fingerprint density at radius 2 is 2.05 bits per heavy atom. The minimum atomic E-state index is -0.524. The summed E-state index contributed by atoms with van der Waals surface area (Å²) in [6.45, 7) is 1.61. The topological polar surface area (TPSA) is 78.4 Å². The highest BCUT2D eigenvalue weighted by Gasteiger charge is 2.23. The van der Waals surface area contributed by atoms with Crippen molar-refractivity contribution in [1.29, 1.82) is 0 Å². The van der Waals surface area contributed by atoms with Gasteiger partial charge < -0.3 is 15.7 Å². The number of carbonyl (C=O) groups is 2. The SMILES string of the molecule is CC(=O)Nc1ccc(Cl)c(C(=O)NCC(O)C2CCCC2)c1. The Morgan fingerprint density at radius 1 is 1.36 bits per heavy atom. The van der Waals surface area contributed by atoms with E-state index in [9.17, 15) is 14.7 Å². The molecule has 22 heavy (non-hydrogen) atoms. The van der Waals surface area contributed by atoms with Crippen LogP contribution in [-0.2, 0) is 4.79 Å². The van der Waals surface area contributed by atoms with Crippen molar-refractivity contribution < 1.29 is 14.7 Å². The van der Waals surface area contributed by atoms with Crippen molar-refractivity contribution in [3.05, 3.63) is 28.8 Å². The Kier molecular flexibility index (Phi) is 5.80. The zero-order valence-electron chi connectivity index (χ0n) is 12.6. The average Bonchev–Trinajstić information content (AvgIpc) is 3.00. The molecule has 120 valence electrons. The van der Waals surface area contributed by atoms with Crippen LogP contribution in [0.15, 0.2) is 18.2 Å². The van der Waals surface area contributed by atoms with Crippen LogP contribution < -0.4 is 10.6 Å². The molecule has 2 rings (SSSR count). The number of nitrogens with one attached hydrogen (secondary N) is 2. The van der Waals surface area contributed by atoms with Crippen molar-refractivity contribution in [2.24, 2.45) is 5.92 Å². The van der Waals surface area contributed by atoms with Gasteiger partial charge in [-0.2, -0.15) is 0 Å². The fraction of sp³-hybridized carbons (Fsp3) is 0.500. The molecular formula is C16H21ClN2O3. The highest BCUT2D eigenvalue weighted by Crippen LogP contribution is 2.27. The van der Waals surface area contributed by atoms with Crippen molar-refractivity contribution in [3.8, 4) is 0 Å². The molecule has 1 aliphatic rings. The fourth-order valence-corrected chi connectivity index (χ4v) is 2.98. The van der Waals surface area contributed by atoms with E-state index >= 15 is 0 Å². The zero-order valence-corrected chi connectivity index (χ0v) is 13.3. The first-order valence-corrected chi connectivity index (χ1v) is 7.88. The van der Waals surface area contributed by atoms with Gasteiger partial charge in [0, 0.05) is 19.2 Å².